The topological polar surface area (TPSA) is 38.0 Å². The fraction of sp³-hybridized carbons (Fsp3) is 0.455. The van der Waals surface area contributed by atoms with E-state index in [1.807, 2.05) is 18.2 Å². The van der Waals surface area contributed by atoms with Crippen LogP contribution in [0.25, 0.3) is 0 Å². The van der Waals surface area contributed by atoms with Crippen LogP contribution in [0.5, 0.6) is 0 Å². The Labute approximate surface area is 103 Å². The summed E-state index contributed by atoms with van der Waals surface area (Å²) in [4.78, 5) is 0. The van der Waals surface area contributed by atoms with Crippen LogP contribution < -0.4 is 11.3 Å². The maximum Gasteiger partial charge on any atom is 0.0596 e. The smallest absolute Gasteiger partial charge is 0.0596 e. The van der Waals surface area contributed by atoms with E-state index >= 15 is 0 Å². The summed E-state index contributed by atoms with van der Waals surface area (Å²) in [6.07, 6.45) is 3.77. The molecule has 1 aromatic rings. The van der Waals surface area contributed by atoms with E-state index in [1.165, 1.54) is 19.3 Å². The van der Waals surface area contributed by atoms with Gasteiger partial charge < -0.3 is 0 Å². The summed E-state index contributed by atoms with van der Waals surface area (Å²) in [5, 5.41) is 0.771. The van der Waals surface area contributed by atoms with E-state index in [-0.39, 0.29) is 6.04 Å². The van der Waals surface area contributed by atoms with E-state index in [4.69, 9.17) is 17.4 Å². The zero-order valence-corrected chi connectivity index (χ0v) is 10.7. The maximum absolute atomic E-state index is 6.25. The van der Waals surface area contributed by atoms with Crippen LogP contribution >= 0.6 is 27.5 Å². The quantitative estimate of drug-likeness (QED) is 0.661. The molecule has 0 saturated heterocycles. The van der Waals surface area contributed by atoms with Gasteiger partial charge in [0.1, 0.15) is 0 Å². The predicted octanol–water partition coefficient (Wildman–Crippen LogP) is 3.41. The van der Waals surface area contributed by atoms with E-state index in [2.05, 4.69) is 21.4 Å². The van der Waals surface area contributed by atoms with Gasteiger partial charge in [-0.2, -0.15) is 0 Å². The van der Waals surface area contributed by atoms with Gasteiger partial charge >= 0.3 is 0 Å². The van der Waals surface area contributed by atoms with Crippen LogP contribution in [0.15, 0.2) is 22.7 Å². The first kappa shape index (κ1) is 11.4. The molecular weight excluding hydrogens is 275 g/mol. The van der Waals surface area contributed by atoms with Gasteiger partial charge in [0.15, 0.2) is 0 Å². The van der Waals surface area contributed by atoms with Crippen LogP contribution in [0.4, 0.5) is 0 Å². The highest BCUT2D eigenvalue weighted by molar-refractivity contribution is 9.10. The summed E-state index contributed by atoms with van der Waals surface area (Å²) in [5.41, 5.74) is 3.98. The van der Waals surface area contributed by atoms with Crippen molar-refractivity contribution in [1.29, 1.82) is 0 Å². The zero-order chi connectivity index (χ0) is 10.8. The number of hydrogen-bond donors (Lipinski definition) is 2. The number of hydrazine groups is 1. The molecule has 1 aliphatic carbocycles. The molecule has 1 unspecified atom stereocenters. The van der Waals surface area contributed by atoms with Gasteiger partial charge in [-0.3, -0.25) is 11.3 Å². The third-order valence-corrected chi connectivity index (χ3v) is 4.43. The highest BCUT2D eigenvalue weighted by Crippen LogP contribution is 2.40. The average molecular weight is 290 g/mol. The molecule has 0 aromatic heterocycles. The van der Waals surface area contributed by atoms with Crippen LogP contribution in [0, 0.1) is 5.92 Å². The first-order valence-corrected chi connectivity index (χ1v) is 6.31. The lowest BCUT2D eigenvalue weighted by Crippen LogP contribution is -2.36. The van der Waals surface area contributed by atoms with E-state index in [0.717, 1.165) is 15.1 Å². The molecule has 1 atom stereocenters. The Morgan fingerprint density at radius 1 is 1.47 bits per heavy atom. The standard InChI is InChI=1S/C11H14BrClN2/c12-9-6-2-5-8(10(9)13)11(15-14)7-3-1-4-7/h2,5-7,11,15H,1,3-4,14H2. The lowest BCUT2D eigenvalue weighted by Gasteiger charge is -2.34. The van der Waals surface area contributed by atoms with Gasteiger partial charge in [0.25, 0.3) is 0 Å². The minimum atomic E-state index is 0.184. The Bertz CT molecular complexity index is 352. The van der Waals surface area contributed by atoms with Gasteiger partial charge in [-0.25, -0.2) is 0 Å². The Morgan fingerprint density at radius 3 is 2.73 bits per heavy atom. The second-order valence-corrected chi connectivity index (χ2v) is 5.21. The third-order valence-electron chi connectivity index (χ3n) is 3.12. The summed E-state index contributed by atoms with van der Waals surface area (Å²) in [6, 6.07) is 6.16. The molecule has 0 aliphatic heterocycles. The van der Waals surface area contributed by atoms with Crippen molar-refractivity contribution in [2.45, 2.75) is 25.3 Å². The summed E-state index contributed by atoms with van der Waals surface area (Å²) in [6.45, 7) is 0. The first-order chi connectivity index (χ1) is 7.24. The van der Waals surface area contributed by atoms with Crippen LogP contribution in [-0.4, -0.2) is 0 Å². The Balaban J connectivity index is 2.29. The van der Waals surface area contributed by atoms with Crippen molar-refractivity contribution >= 4 is 27.5 Å². The molecule has 2 rings (SSSR count). The molecule has 15 heavy (non-hydrogen) atoms. The molecule has 4 heteroatoms. The Hall–Kier alpha value is -0.0900. The fourth-order valence-electron chi connectivity index (χ4n) is 2.01. The summed E-state index contributed by atoms with van der Waals surface area (Å²) in [5.74, 6) is 6.24. The molecule has 1 aromatic carbocycles. The lowest BCUT2D eigenvalue weighted by molar-refractivity contribution is 0.232. The number of halogens is 2. The Morgan fingerprint density at radius 2 is 2.20 bits per heavy atom. The molecule has 0 bridgehead atoms. The molecule has 1 aliphatic rings. The molecule has 82 valence electrons. The first-order valence-electron chi connectivity index (χ1n) is 5.14. The SMILES string of the molecule is NNC(c1cccc(Br)c1Cl)C1CCC1. The van der Waals surface area contributed by atoms with Gasteiger partial charge in [-0.1, -0.05) is 30.2 Å². The highest BCUT2D eigenvalue weighted by atomic mass is 79.9. The molecule has 0 radical (unpaired) electrons. The third kappa shape index (κ3) is 2.21. The van der Waals surface area contributed by atoms with E-state index in [0.29, 0.717) is 5.92 Å². The number of nitrogens with two attached hydrogens (primary N) is 1. The molecule has 2 nitrogen and oxygen atoms in total. The predicted molar refractivity (Wildman–Crippen MR) is 66.6 cm³/mol. The van der Waals surface area contributed by atoms with Crippen molar-refractivity contribution in [3.8, 4) is 0 Å². The lowest BCUT2D eigenvalue weighted by atomic mass is 9.77. The molecule has 3 N–H and O–H groups in total. The summed E-state index contributed by atoms with van der Waals surface area (Å²) < 4.78 is 0.932. The number of benzene rings is 1. The van der Waals surface area contributed by atoms with Crippen molar-refractivity contribution in [3.05, 3.63) is 33.3 Å². The molecule has 1 fully saturated rings. The van der Waals surface area contributed by atoms with Crippen LogP contribution in [0.1, 0.15) is 30.9 Å². The second-order valence-electron chi connectivity index (χ2n) is 3.98. The molecule has 0 spiro atoms. The van der Waals surface area contributed by atoms with Crippen LogP contribution in [0.3, 0.4) is 0 Å². The highest BCUT2D eigenvalue weighted by Gasteiger charge is 2.29. The largest absolute Gasteiger partial charge is 0.271 e. The van der Waals surface area contributed by atoms with E-state index in [9.17, 15) is 0 Å². The second kappa shape index (κ2) is 4.83. The minimum absolute atomic E-state index is 0.184. The van der Waals surface area contributed by atoms with Crippen molar-refractivity contribution in [1.82, 2.24) is 5.43 Å². The summed E-state index contributed by atoms with van der Waals surface area (Å²) >= 11 is 9.68. The maximum atomic E-state index is 6.25. The number of hydrogen-bond acceptors (Lipinski definition) is 2. The number of rotatable bonds is 3. The molecule has 0 amide bonds. The van der Waals surface area contributed by atoms with Crippen LogP contribution in [-0.2, 0) is 0 Å². The van der Waals surface area contributed by atoms with Crippen molar-refractivity contribution in [3.63, 3.8) is 0 Å². The van der Waals surface area contributed by atoms with Gasteiger partial charge in [-0.15, -0.1) is 0 Å². The van der Waals surface area contributed by atoms with Crippen molar-refractivity contribution in [2.75, 3.05) is 0 Å². The minimum Gasteiger partial charge on any atom is -0.271 e. The van der Waals surface area contributed by atoms with Crippen molar-refractivity contribution < 1.29 is 0 Å². The van der Waals surface area contributed by atoms with Gasteiger partial charge in [0.2, 0.25) is 0 Å². The van der Waals surface area contributed by atoms with Crippen LogP contribution in [0.2, 0.25) is 5.02 Å². The fourth-order valence-corrected chi connectivity index (χ4v) is 2.64. The normalized spacial score (nSPS) is 18.6. The van der Waals surface area contributed by atoms with Gasteiger partial charge in [-0.05, 0) is 46.3 Å². The summed E-state index contributed by atoms with van der Waals surface area (Å²) in [7, 11) is 0. The Kier molecular flexibility index (Phi) is 3.67. The van der Waals surface area contributed by atoms with E-state index in [1.54, 1.807) is 0 Å². The van der Waals surface area contributed by atoms with E-state index < -0.39 is 0 Å². The number of nitrogens with one attached hydrogen (secondary N) is 1. The van der Waals surface area contributed by atoms with Gasteiger partial charge in [0.05, 0.1) is 11.1 Å². The molecule has 1 saturated carbocycles. The molecular formula is C11H14BrClN2. The molecule has 0 heterocycles. The average Bonchev–Trinajstić information content (AvgIpc) is 2.16. The van der Waals surface area contributed by atoms with Gasteiger partial charge in [0, 0.05) is 4.47 Å². The monoisotopic (exact) mass is 288 g/mol. The zero-order valence-electron chi connectivity index (χ0n) is 8.34. The van der Waals surface area contributed by atoms with Crippen molar-refractivity contribution in [2.24, 2.45) is 11.8 Å².